The second-order valence-electron chi connectivity index (χ2n) is 3.59. The molecule has 0 saturated heterocycles. The molecule has 2 heteroatoms. The monoisotopic (exact) mass is 286 g/mol. The molecule has 0 fully saturated rings. The maximum atomic E-state index is 11.9. The van der Waals surface area contributed by atoms with Crippen LogP contribution in [-0.2, 0) is 0 Å². The second-order valence-corrected chi connectivity index (χ2v) is 4.44. The number of halogens is 1. The third-order valence-electron chi connectivity index (χ3n) is 2.37. The molecule has 0 atom stereocenters. The van der Waals surface area contributed by atoms with Crippen LogP contribution in [0.15, 0.2) is 66.7 Å². The summed E-state index contributed by atoms with van der Waals surface area (Å²) in [5.74, 6) is 0.00123. The van der Waals surface area contributed by atoms with Gasteiger partial charge in [-0.15, -0.1) is 0 Å². The molecule has 0 aliphatic heterocycles. The SMILES string of the molecule is O=C(C=C(Br)c1ccccc1)c1ccccc1. The average molecular weight is 287 g/mol. The van der Waals surface area contributed by atoms with E-state index >= 15 is 0 Å². The molecular weight excluding hydrogens is 276 g/mol. The summed E-state index contributed by atoms with van der Waals surface area (Å²) in [7, 11) is 0. The minimum absolute atomic E-state index is 0.00123. The Labute approximate surface area is 109 Å². The van der Waals surface area contributed by atoms with Crippen LogP contribution in [0.1, 0.15) is 15.9 Å². The standard InChI is InChI=1S/C15H11BrO/c16-14(12-7-3-1-4-8-12)11-15(17)13-9-5-2-6-10-13/h1-11H. The Morgan fingerprint density at radius 3 is 1.82 bits per heavy atom. The molecule has 0 bridgehead atoms. The lowest BCUT2D eigenvalue weighted by atomic mass is 10.1. The van der Waals surface area contributed by atoms with Crippen molar-refractivity contribution in [2.24, 2.45) is 0 Å². The zero-order chi connectivity index (χ0) is 12.1. The maximum Gasteiger partial charge on any atom is 0.186 e. The molecule has 2 aromatic carbocycles. The van der Waals surface area contributed by atoms with E-state index in [9.17, 15) is 4.79 Å². The molecule has 0 radical (unpaired) electrons. The van der Waals surface area contributed by atoms with Crippen LogP contribution in [0.5, 0.6) is 0 Å². The lowest BCUT2D eigenvalue weighted by Gasteiger charge is -1.99. The first kappa shape index (κ1) is 11.8. The van der Waals surface area contributed by atoms with E-state index < -0.39 is 0 Å². The van der Waals surface area contributed by atoms with Gasteiger partial charge in [0.15, 0.2) is 5.78 Å². The summed E-state index contributed by atoms with van der Waals surface area (Å²) in [6.45, 7) is 0. The average Bonchev–Trinajstić information content (AvgIpc) is 2.40. The van der Waals surface area contributed by atoms with Gasteiger partial charge in [-0.3, -0.25) is 4.79 Å². The summed E-state index contributed by atoms with van der Waals surface area (Å²) in [5, 5.41) is 0. The Hall–Kier alpha value is -1.67. The van der Waals surface area contributed by atoms with Gasteiger partial charge in [-0.05, 0) is 5.56 Å². The fourth-order valence-electron chi connectivity index (χ4n) is 1.48. The first-order valence-electron chi connectivity index (χ1n) is 5.29. The van der Waals surface area contributed by atoms with Crippen molar-refractivity contribution in [2.45, 2.75) is 0 Å². The van der Waals surface area contributed by atoms with Crippen LogP contribution in [0.3, 0.4) is 0 Å². The van der Waals surface area contributed by atoms with Gasteiger partial charge in [-0.2, -0.15) is 0 Å². The Morgan fingerprint density at radius 1 is 0.824 bits per heavy atom. The largest absolute Gasteiger partial charge is 0.289 e. The van der Waals surface area contributed by atoms with Gasteiger partial charge in [-0.25, -0.2) is 0 Å². The zero-order valence-corrected chi connectivity index (χ0v) is 10.7. The van der Waals surface area contributed by atoms with Gasteiger partial charge in [0.05, 0.1) is 0 Å². The molecular formula is C15H11BrO. The van der Waals surface area contributed by atoms with Crippen molar-refractivity contribution < 1.29 is 4.79 Å². The minimum Gasteiger partial charge on any atom is -0.289 e. The molecule has 17 heavy (non-hydrogen) atoms. The number of carbonyl (C=O) groups is 1. The van der Waals surface area contributed by atoms with E-state index in [-0.39, 0.29) is 5.78 Å². The van der Waals surface area contributed by atoms with Crippen LogP contribution in [0.25, 0.3) is 4.48 Å². The predicted molar refractivity (Wildman–Crippen MR) is 74.1 cm³/mol. The van der Waals surface area contributed by atoms with Crippen molar-refractivity contribution in [2.75, 3.05) is 0 Å². The molecule has 0 unspecified atom stereocenters. The van der Waals surface area contributed by atoms with Crippen LogP contribution in [0.2, 0.25) is 0 Å². The number of hydrogen-bond donors (Lipinski definition) is 0. The van der Waals surface area contributed by atoms with Crippen molar-refractivity contribution in [3.63, 3.8) is 0 Å². The van der Waals surface area contributed by atoms with Gasteiger partial charge in [0.25, 0.3) is 0 Å². The number of rotatable bonds is 3. The van der Waals surface area contributed by atoms with E-state index in [1.54, 1.807) is 6.08 Å². The highest BCUT2D eigenvalue weighted by Crippen LogP contribution is 2.21. The van der Waals surface area contributed by atoms with E-state index in [0.29, 0.717) is 5.56 Å². The van der Waals surface area contributed by atoms with Crippen molar-refractivity contribution in [3.05, 3.63) is 77.9 Å². The first-order chi connectivity index (χ1) is 8.27. The molecule has 1 nitrogen and oxygen atoms in total. The molecule has 0 saturated carbocycles. The smallest absolute Gasteiger partial charge is 0.186 e. The van der Waals surface area contributed by atoms with Crippen LogP contribution in [0, 0.1) is 0 Å². The Kier molecular flexibility index (Phi) is 3.89. The van der Waals surface area contributed by atoms with Gasteiger partial charge < -0.3 is 0 Å². The first-order valence-corrected chi connectivity index (χ1v) is 6.08. The van der Waals surface area contributed by atoms with E-state index in [4.69, 9.17) is 0 Å². The van der Waals surface area contributed by atoms with Gasteiger partial charge in [0, 0.05) is 16.1 Å². The zero-order valence-electron chi connectivity index (χ0n) is 9.14. The number of ketones is 1. The van der Waals surface area contributed by atoms with Gasteiger partial charge in [0.1, 0.15) is 0 Å². The minimum atomic E-state index is 0.00123. The number of benzene rings is 2. The van der Waals surface area contributed by atoms with Crippen LogP contribution in [-0.4, -0.2) is 5.78 Å². The topological polar surface area (TPSA) is 17.1 Å². The van der Waals surface area contributed by atoms with Gasteiger partial charge in [-0.1, -0.05) is 76.6 Å². The summed E-state index contributed by atoms with van der Waals surface area (Å²) in [4.78, 5) is 11.9. The van der Waals surface area contributed by atoms with Gasteiger partial charge in [0.2, 0.25) is 0 Å². The number of allylic oxidation sites excluding steroid dienone is 1. The molecule has 0 aromatic heterocycles. The third-order valence-corrected chi connectivity index (χ3v) is 3.05. The molecule has 0 aliphatic rings. The quantitative estimate of drug-likeness (QED) is 0.607. The summed E-state index contributed by atoms with van der Waals surface area (Å²) in [5.41, 5.74) is 1.69. The fourth-order valence-corrected chi connectivity index (χ4v) is 1.95. The molecule has 2 rings (SSSR count). The Morgan fingerprint density at radius 2 is 1.29 bits per heavy atom. The lowest BCUT2D eigenvalue weighted by molar-refractivity contribution is 0.104. The molecule has 0 spiro atoms. The number of carbonyl (C=O) groups excluding carboxylic acids is 1. The summed E-state index contributed by atoms with van der Waals surface area (Å²) in [6.07, 6.45) is 1.60. The maximum absolute atomic E-state index is 11.9. The fraction of sp³-hybridized carbons (Fsp3) is 0. The van der Waals surface area contributed by atoms with E-state index in [2.05, 4.69) is 15.9 Å². The summed E-state index contributed by atoms with van der Waals surface area (Å²) >= 11 is 3.42. The molecule has 0 N–H and O–H groups in total. The van der Waals surface area contributed by atoms with E-state index in [1.165, 1.54) is 0 Å². The lowest BCUT2D eigenvalue weighted by Crippen LogP contribution is -1.94. The Bertz CT molecular complexity index is 529. The van der Waals surface area contributed by atoms with Crippen molar-refractivity contribution in [1.29, 1.82) is 0 Å². The summed E-state index contributed by atoms with van der Waals surface area (Å²) in [6, 6.07) is 19.0. The van der Waals surface area contributed by atoms with Crippen LogP contribution < -0.4 is 0 Å². The van der Waals surface area contributed by atoms with Crippen molar-refractivity contribution >= 4 is 26.2 Å². The third kappa shape index (κ3) is 3.14. The predicted octanol–water partition coefficient (Wildman–Crippen LogP) is 4.31. The van der Waals surface area contributed by atoms with Crippen molar-refractivity contribution in [3.8, 4) is 0 Å². The molecule has 0 heterocycles. The molecule has 2 aromatic rings. The Balaban J connectivity index is 2.24. The highest BCUT2D eigenvalue weighted by molar-refractivity contribution is 9.15. The molecule has 84 valence electrons. The normalized spacial score (nSPS) is 11.2. The van der Waals surface area contributed by atoms with Crippen molar-refractivity contribution in [1.82, 2.24) is 0 Å². The van der Waals surface area contributed by atoms with E-state index in [1.807, 2.05) is 60.7 Å². The summed E-state index contributed by atoms with van der Waals surface area (Å²) < 4.78 is 0.798. The second kappa shape index (κ2) is 5.60. The van der Waals surface area contributed by atoms with E-state index in [0.717, 1.165) is 10.0 Å². The van der Waals surface area contributed by atoms with Gasteiger partial charge >= 0.3 is 0 Å². The van der Waals surface area contributed by atoms with Crippen LogP contribution in [0.4, 0.5) is 0 Å². The highest BCUT2D eigenvalue weighted by atomic mass is 79.9. The number of hydrogen-bond acceptors (Lipinski definition) is 1. The van der Waals surface area contributed by atoms with Crippen LogP contribution >= 0.6 is 15.9 Å². The highest BCUT2D eigenvalue weighted by Gasteiger charge is 2.03. The molecule has 0 aliphatic carbocycles. The molecule has 0 amide bonds.